The molecule has 0 aliphatic heterocycles. The van der Waals surface area contributed by atoms with Crippen LogP contribution in [-0.4, -0.2) is 16.0 Å². The van der Waals surface area contributed by atoms with Crippen LogP contribution in [0.3, 0.4) is 0 Å². The van der Waals surface area contributed by atoms with Gasteiger partial charge in [-0.15, -0.1) is 0 Å². The maximum atomic E-state index is 10.8. The number of non-ortho nitro benzene ring substituents is 1. The van der Waals surface area contributed by atoms with Crippen molar-refractivity contribution < 1.29 is 19.6 Å². The third kappa shape index (κ3) is 4.03. The number of ether oxygens (including phenoxy) is 1. The van der Waals surface area contributed by atoms with Gasteiger partial charge in [-0.1, -0.05) is 28.1 Å². The second-order valence-electron chi connectivity index (χ2n) is 4.19. The lowest BCUT2D eigenvalue weighted by Gasteiger charge is -2.07. The van der Waals surface area contributed by atoms with Crippen LogP contribution in [0.5, 0.6) is 5.75 Å². The van der Waals surface area contributed by atoms with Crippen LogP contribution in [0.25, 0.3) is 0 Å². The van der Waals surface area contributed by atoms with Crippen LogP contribution < -0.4 is 4.74 Å². The normalized spacial score (nSPS) is 10.1. The Balaban J connectivity index is 2.09. The first-order valence-corrected chi connectivity index (χ1v) is 6.65. The average Bonchev–Trinajstić information content (AvgIpc) is 2.45. The minimum atomic E-state index is -0.995. The molecule has 7 heteroatoms. The van der Waals surface area contributed by atoms with Gasteiger partial charge >= 0.3 is 5.97 Å². The summed E-state index contributed by atoms with van der Waals surface area (Å²) in [5, 5.41) is 19.6. The van der Waals surface area contributed by atoms with E-state index < -0.39 is 10.9 Å². The van der Waals surface area contributed by atoms with E-state index in [1.807, 2.05) is 0 Å². The van der Waals surface area contributed by atoms with E-state index in [2.05, 4.69) is 15.9 Å². The van der Waals surface area contributed by atoms with E-state index in [-0.39, 0.29) is 17.9 Å². The van der Waals surface area contributed by atoms with Crippen LogP contribution in [0.2, 0.25) is 0 Å². The van der Waals surface area contributed by atoms with Gasteiger partial charge in [0.15, 0.2) is 0 Å². The number of aromatic carboxylic acids is 1. The van der Waals surface area contributed by atoms with Gasteiger partial charge in [-0.25, -0.2) is 4.79 Å². The molecule has 0 aliphatic rings. The number of carbonyl (C=O) groups is 1. The summed E-state index contributed by atoms with van der Waals surface area (Å²) in [7, 11) is 0. The molecule has 0 fully saturated rings. The van der Waals surface area contributed by atoms with Crippen LogP contribution in [0.15, 0.2) is 46.9 Å². The first-order valence-electron chi connectivity index (χ1n) is 5.86. The van der Waals surface area contributed by atoms with Gasteiger partial charge in [-0.05, 0) is 23.8 Å². The van der Waals surface area contributed by atoms with Gasteiger partial charge in [-0.3, -0.25) is 10.1 Å². The summed E-state index contributed by atoms with van der Waals surface area (Å²) in [5.74, 6) is -0.636. The van der Waals surface area contributed by atoms with E-state index >= 15 is 0 Å². The fraction of sp³-hybridized carbons (Fsp3) is 0.0714. The van der Waals surface area contributed by atoms with Crippen LogP contribution >= 0.6 is 15.9 Å². The summed E-state index contributed by atoms with van der Waals surface area (Å²) >= 11 is 3.18. The van der Waals surface area contributed by atoms with Gasteiger partial charge in [0.1, 0.15) is 12.4 Å². The van der Waals surface area contributed by atoms with Gasteiger partial charge in [0.2, 0.25) is 0 Å². The first kappa shape index (κ1) is 15.0. The molecule has 2 aromatic rings. The maximum Gasteiger partial charge on any atom is 0.335 e. The second kappa shape index (κ2) is 6.36. The molecule has 0 bridgehead atoms. The van der Waals surface area contributed by atoms with Crippen LogP contribution in [0.4, 0.5) is 5.69 Å². The predicted octanol–water partition coefficient (Wildman–Crippen LogP) is 3.63. The molecule has 0 radical (unpaired) electrons. The lowest BCUT2D eigenvalue weighted by atomic mass is 10.1. The van der Waals surface area contributed by atoms with Crippen LogP contribution in [0, 0.1) is 10.1 Å². The molecule has 0 atom stereocenters. The number of nitro benzene ring substituents is 1. The van der Waals surface area contributed by atoms with E-state index in [1.165, 1.54) is 24.3 Å². The number of carboxylic acids is 1. The highest BCUT2D eigenvalue weighted by atomic mass is 79.9. The zero-order valence-electron chi connectivity index (χ0n) is 10.7. The standard InChI is InChI=1S/C14H10BrNO5/c15-11-5-12(16(19)20)7-13(6-11)21-8-9-1-3-10(4-2-9)14(17)18/h1-7H,8H2,(H,17,18). The van der Waals surface area contributed by atoms with Gasteiger partial charge in [-0.2, -0.15) is 0 Å². The quantitative estimate of drug-likeness (QED) is 0.656. The third-order valence-electron chi connectivity index (χ3n) is 2.67. The zero-order valence-corrected chi connectivity index (χ0v) is 12.2. The Morgan fingerprint density at radius 2 is 1.90 bits per heavy atom. The lowest BCUT2D eigenvalue weighted by Crippen LogP contribution is -1.99. The molecular weight excluding hydrogens is 342 g/mol. The molecule has 21 heavy (non-hydrogen) atoms. The van der Waals surface area contributed by atoms with E-state index in [0.717, 1.165) is 5.56 Å². The molecule has 0 aliphatic carbocycles. The second-order valence-corrected chi connectivity index (χ2v) is 5.11. The van der Waals surface area contributed by atoms with Crippen molar-refractivity contribution in [2.24, 2.45) is 0 Å². The number of nitro groups is 1. The van der Waals surface area contributed by atoms with Crippen molar-refractivity contribution in [1.82, 2.24) is 0 Å². The Morgan fingerprint density at radius 3 is 2.48 bits per heavy atom. The van der Waals surface area contributed by atoms with Gasteiger partial charge in [0, 0.05) is 10.5 Å². The highest BCUT2D eigenvalue weighted by Crippen LogP contribution is 2.26. The van der Waals surface area contributed by atoms with Crippen LogP contribution in [0.1, 0.15) is 15.9 Å². The summed E-state index contributed by atoms with van der Waals surface area (Å²) in [4.78, 5) is 21.0. The number of halogens is 1. The molecule has 2 rings (SSSR count). The number of nitrogens with zero attached hydrogens (tertiary/aromatic N) is 1. The Labute approximate surface area is 128 Å². The minimum Gasteiger partial charge on any atom is -0.489 e. The highest BCUT2D eigenvalue weighted by molar-refractivity contribution is 9.10. The fourth-order valence-electron chi connectivity index (χ4n) is 1.65. The molecule has 0 heterocycles. The van der Waals surface area contributed by atoms with Gasteiger partial charge in [0.05, 0.1) is 16.6 Å². The Hall–Kier alpha value is -2.41. The highest BCUT2D eigenvalue weighted by Gasteiger charge is 2.10. The van der Waals surface area contributed by atoms with Crippen molar-refractivity contribution in [3.05, 3.63) is 68.2 Å². The summed E-state index contributed by atoms with van der Waals surface area (Å²) in [6.45, 7) is 0.188. The van der Waals surface area contributed by atoms with Crippen LogP contribution in [-0.2, 0) is 6.61 Å². The molecule has 2 aromatic carbocycles. The summed E-state index contributed by atoms with van der Waals surface area (Å²) in [6, 6.07) is 10.6. The lowest BCUT2D eigenvalue weighted by molar-refractivity contribution is -0.385. The minimum absolute atomic E-state index is 0.0689. The summed E-state index contributed by atoms with van der Waals surface area (Å²) < 4.78 is 6.03. The molecule has 6 nitrogen and oxygen atoms in total. The molecule has 0 saturated carbocycles. The Morgan fingerprint density at radius 1 is 1.24 bits per heavy atom. The van der Waals surface area contributed by atoms with Crippen molar-refractivity contribution in [1.29, 1.82) is 0 Å². The fourth-order valence-corrected chi connectivity index (χ4v) is 2.11. The molecule has 0 aromatic heterocycles. The first-order chi connectivity index (χ1) is 9.95. The van der Waals surface area contributed by atoms with Gasteiger partial charge < -0.3 is 9.84 Å². The monoisotopic (exact) mass is 351 g/mol. The largest absolute Gasteiger partial charge is 0.489 e. The number of rotatable bonds is 5. The van der Waals surface area contributed by atoms with E-state index in [1.54, 1.807) is 18.2 Å². The topological polar surface area (TPSA) is 89.7 Å². The Bertz CT molecular complexity index is 684. The Kier molecular flexibility index (Phi) is 4.54. The number of benzene rings is 2. The zero-order chi connectivity index (χ0) is 15.4. The van der Waals surface area contributed by atoms with Crippen molar-refractivity contribution in [2.75, 3.05) is 0 Å². The molecule has 108 valence electrons. The van der Waals surface area contributed by atoms with Crippen molar-refractivity contribution >= 4 is 27.6 Å². The number of hydrogen-bond acceptors (Lipinski definition) is 4. The molecule has 0 spiro atoms. The summed E-state index contributed by atoms with van der Waals surface area (Å²) in [5.41, 5.74) is 0.889. The predicted molar refractivity (Wildman–Crippen MR) is 78.5 cm³/mol. The third-order valence-corrected chi connectivity index (χ3v) is 3.13. The van der Waals surface area contributed by atoms with E-state index in [0.29, 0.717) is 10.2 Å². The molecular formula is C14H10BrNO5. The maximum absolute atomic E-state index is 10.8. The summed E-state index contributed by atoms with van der Waals surface area (Å²) in [6.07, 6.45) is 0. The number of hydrogen-bond donors (Lipinski definition) is 1. The SMILES string of the molecule is O=C(O)c1ccc(COc2cc(Br)cc([N+](=O)[O-])c2)cc1. The van der Waals surface area contributed by atoms with Gasteiger partial charge in [0.25, 0.3) is 5.69 Å². The molecule has 1 N–H and O–H groups in total. The smallest absolute Gasteiger partial charge is 0.335 e. The average molecular weight is 352 g/mol. The van der Waals surface area contributed by atoms with Crippen molar-refractivity contribution in [3.8, 4) is 5.75 Å². The molecule has 0 amide bonds. The van der Waals surface area contributed by atoms with E-state index in [9.17, 15) is 14.9 Å². The van der Waals surface area contributed by atoms with Crippen molar-refractivity contribution in [3.63, 3.8) is 0 Å². The molecule has 0 saturated heterocycles. The van der Waals surface area contributed by atoms with Crippen molar-refractivity contribution in [2.45, 2.75) is 6.61 Å². The van der Waals surface area contributed by atoms with E-state index in [4.69, 9.17) is 9.84 Å². The molecule has 0 unspecified atom stereocenters. The number of carboxylic acid groups (broad SMARTS) is 1.